The van der Waals surface area contributed by atoms with E-state index in [0.717, 1.165) is 0 Å². The number of nitrogens with zero attached hydrogens (tertiary/aromatic N) is 3. The van der Waals surface area contributed by atoms with Crippen molar-refractivity contribution >= 4 is 23.2 Å². The SMILES string of the molecule is Cn1c(CO)nnc1-c1cc(Cl)ccc1Cl. The van der Waals surface area contributed by atoms with Gasteiger partial charge in [0.05, 0.1) is 5.02 Å². The molecule has 0 aliphatic carbocycles. The zero-order valence-electron chi connectivity index (χ0n) is 8.48. The number of hydrogen-bond acceptors (Lipinski definition) is 3. The lowest BCUT2D eigenvalue weighted by molar-refractivity contribution is 0.267. The molecule has 0 fully saturated rings. The smallest absolute Gasteiger partial charge is 0.165 e. The predicted molar refractivity (Wildman–Crippen MR) is 62.4 cm³/mol. The molecule has 0 bridgehead atoms. The van der Waals surface area contributed by atoms with E-state index in [1.165, 1.54) is 0 Å². The lowest BCUT2D eigenvalue weighted by atomic mass is 10.2. The third kappa shape index (κ3) is 1.91. The molecule has 6 heteroatoms. The summed E-state index contributed by atoms with van der Waals surface area (Å²) in [4.78, 5) is 0. The molecule has 16 heavy (non-hydrogen) atoms. The summed E-state index contributed by atoms with van der Waals surface area (Å²) in [5.74, 6) is 1.06. The second-order valence-corrected chi connectivity index (χ2v) is 4.12. The molecule has 0 aliphatic rings. The van der Waals surface area contributed by atoms with E-state index in [0.29, 0.717) is 27.3 Å². The first-order valence-electron chi connectivity index (χ1n) is 4.58. The largest absolute Gasteiger partial charge is 0.388 e. The average Bonchev–Trinajstić information content (AvgIpc) is 2.63. The third-order valence-corrected chi connectivity index (χ3v) is 2.84. The Kier molecular flexibility index (Phi) is 3.14. The van der Waals surface area contributed by atoms with Gasteiger partial charge in [-0.3, -0.25) is 0 Å². The lowest BCUT2D eigenvalue weighted by Crippen LogP contribution is -1.99. The average molecular weight is 258 g/mol. The van der Waals surface area contributed by atoms with Gasteiger partial charge in [0.25, 0.3) is 0 Å². The van der Waals surface area contributed by atoms with Crippen molar-refractivity contribution in [1.82, 2.24) is 14.8 Å². The second-order valence-electron chi connectivity index (χ2n) is 3.28. The molecule has 4 nitrogen and oxygen atoms in total. The zero-order valence-corrected chi connectivity index (χ0v) is 10.00. The normalized spacial score (nSPS) is 10.8. The maximum absolute atomic E-state index is 9.02. The number of aliphatic hydroxyl groups excluding tert-OH is 1. The van der Waals surface area contributed by atoms with Crippen molar-refractivity contribution in [3.63, 3.8) is 0 Å². The highest BCUT2D eigenvalue weighted by Crippen LogP contribution is 2.29. The Hall–Kier alpha value is -1.10. The van der Waals surface area contributed by atoms with E-state index in [4.69, 9.17) is 28.3 Å². The van der Waals surface area contributed by atoms with E-state index < -0.39 is 0 Å². The van der Waals surface area contributed by atoms with Crippen LogP contribution in [0.1, 0.15) is 5.82 Å². The van der Waals surface area contributed by atoms with Gasteiger partial charge in [-0.25, -0.2) is 0 Å². The number of rotatable bonds is 2. The van der Waals surface area contributed by atoms with Crippen LogP contribution in [-0.4, -0.2) is 19.9 Å². The maximum atomic E-state index is 9.02. The summed E-state index contributed by atoms with van der Waals surface area (Å²) in [6.07, 6.45) is 0. The lowest BCUT2D eigenvalue weighted by Gasteiger charge is -2.04. The number of aromatic nitrogens is 3. The summed E-state index contributed by atoms with van der Waals surface area (Å²) < 4.78 is 1.68. The summed E-state index contributed by atoms with van der Waals surface area (Å²) in [6, 6.07) is 5.12. The van der Waals surface area contributed by atoms with Crippen LogP contribution >= 0.6 is 23.2 Å². The van der Waals surface area contributed by atoms with Crippen molar-refractivity contribution in [2.24, 2.45) is 7.05 Å². The molecule has 2 rings (SSSR count). The van der Waals surface area contributed by atoms with Crippen molar-refractivity contribution in [2.75, 3.05) is 0 Å². The van der Waals surface area contributed by atoms with Gasteiger partial charge in [-0.1, -0.05) is 23.2 Å². The Bertz CT molecular complexity index is 525. The minimum Gasteiger partial charge on any atom is -0.388 e. The van der Waals surface area contributed by atoms with Gasteiger partial charge in [0, 0.05) is 17.6 Å². The topological polar surface area (TPSA) is 50.9 Å². The fourth-order valence-electron chi connectivity index (χ4n) is 1.40. The molecule has 0 saturated carbocycles. The van der Waals surface area contributed by atoms with Gasteiger partial charge >= 0.3 is 0 Å². The van der Waals surface area contributed by atoms with Crippen molar-refractivity contribution in [2.45, 2.75) is 6.61 Å². The van der Waals surface area contributed by atoms with Crippen LogP contribution in [-0.2, 0) is 13.7 Å². The quantitative estimate of drug-likeness (QED) is 0.898. The highest BCUT2D eigenvalue weighted by Gasteiger charge is 2.13. The Morgan fingerprint density at radius 3 is 2.69 bits per heavy atom. The molecule has 1 aromatic carbocycles. The maximum Gasteiger partial charge on any atom is 0.165 e. The molecule has 1 heterocycles. The highest BCUT2D eigenvalue weighted by molar-refractivity contribution is 6.35. The van der Waals surface area contributed by atoms with Crippen LogP contribution in [0, 0.1) is 0 Å². The molecule has 2 aromatic rings. The van der Waals surface area contributed by atoms with Crippen LogP contribution in [0.3, 0.4) is 0 Å². The minimum atomic E-state index is -0.165. The van der Waals surface area contributed by atoms with Crippen LogP contribution in [0.5, 0.6) is 0 Å². The summed E-state index contributed by atoms with van der Waals surface area (Å²) in [5.41, 5.74) is 0.698. The van der Waals surface area contributed by atoms with Gasteiger partial charge in [0.1, 0.15) is 6.61 Å². The number of halogens is 2. The molecule has 0 atom stereocenters. The predicted octanol–water partition coefficient (Wildman–Crippen LogP) is 2.28. The molecule has 0 spiro atoms. The van der Waals surface area contributed by atoms with Crippen molar-refractivity contribution in [3.05, 3.63) is 34.1 Å². The number of benzene rings is 1. The van der Waals surface area contributed by atoms with Crippen LogP contribution in [0.4, 0.5) is 0 Å². The van der Waals surface area contributed by atoms with E-state index in [-0.39, 0.29) is 6.61 Å². The molecule has 1 aromatic heterocycles. The first-order chi connectivity index (χ1) is 7.63. The molecular weight excluding hydrogens is 249 g/mol. The van der Waals surface area contributed by atoms with E-state index in [1.54, 1.807) is 29.8 Å². The van der Waals surface area contributed by atoms with Gasteiger partial charge in [-0.2, -0.15) is 0 Å². The van der Waals surface area contributed by atoms with Gasteiger partial charge in [0.2, 0.25) is 0 Å². The van der Waals surface area contributed by atoms with E-state index in [2.05, 4.69) is 10.2 Å². The molecule has 1 N–H and O–H groups in total. The highest BCUT2D eigenvalue weighted by atomic mass is 35.5. The molecule has 0 saturated heterocycles. The third-order valence-electron chi connectivity index (χ3n) is 2.28. The Morgan fingerprint density at radius 2 is 2.06 bits per heavy atom. The molecule has 84 valence electrons. The zero-order chi connectivity index (χ0) is 11.7. The fraction of sp³-hybridized carbons (Fsp3) is 0.200. The van der Waals surface area contributed by atoms with Crippen molar-refractivity contribution in [3.8, 4) is 11.4 Å². The monoisotopic (exact) mass is 257 g/mol. The molecule has 0 amide bonds. The van der Waals surface area contributed by atoms with Crippen LogP contribution in [0.15, 0.2) is 18.2 Å². The summed E-state index contributed by atoms with van der Waals surface area (Å²) in [7, 11) is 1.76. The first-order valence-corrected chi connectivity index (χ1v) is 5.33. The summed E-state index contributed by atoms with van der Waals surface area (Å²) >= 11 is 11.9. The van der Waals surface area contributed by atoms with Gasteiger partial charge in [-0.05, 0) is 18.2 Å². The Labute approximate surface area is 102 Å². The van der Waals surface area contributed by atoms with E-state index in [9.17, 15) is 0 Å². The van der Waals surface area contributed by atoms with Gasteiger partial charge < -0.3 is 9.67 Å². The second kappa shape index (κ2) is 4.41. The molecule has 0 aliphatic heterocycles. The number of hydrogen-bond donors (Lipinski definition) is 1. The van der Waals surface area contributed by atoms with Crippen LogP contribution in [0.25, 0.3) is 11.4 Å². The Morgan fingerprint density at radius 1 is 1.31 bits per heavy atom. The number of aliphatic hydroxyl groups is 1. The first kappa shape index (κ1) is 11.4. The summed E-state index contributed by atoms with van der Waals surface area (Å²) in [6.45, 7) is -0.165. The van der Waals surface area contributed by atoms with Crippen LogP contribution in [0.2, 0.25) is 10.0 Å². The minimum absolute atomic E-state index is 0.165. The standard InChI is InChI=1S/C10H9Cl2N3O/c1-15-9(5-16)13-14-10(15)7-4-6(11)2-3-8(7)12/h2-4,16H,5H2,1H3. The molecule has 0 unspecified atom stereocenters. The molecule has 0 radical (unpaired) electrons. The Balaban J connectivity index is 2.58. The molecular formula is C10H9Cl2N3O. The van der Waals surface area contributed by atoms with E-state index in [1.807, 2.05) is 0 Å². The van der Waals surface area contributed by atoms with Crippen molar-refractivity contribution < 1.29 is 5.11 Å². The fourth-order valence-corrected chi connectivity index (χ4v) is 1.78. The van der Waals surface area contributed by atoms with Crippen molar-refractivity contribution in [1.29, 1.82) is 0 Å². The van der Waals surface area contributed by atoms with Crippen LogP contribution < -0.4 is 0 Å². The summed E-state index contributed by atoms with van der Waals surface area (Å²) in [5, 5.41) is 18.0. The van der Waals surface area contributed by atoms with Gasteiger partial charge in [0.15, 0.2) is 11.6 Å². The van der Waals surface area contributed by atoms with Gasteiger partial charge in [-0.15, -0.1) is 10.2 Å². The van der Waals surface area contributed by atoms with E-state index >= 15 is 0 Å².